The van der Waals surface area contributed by atoms with Crippen LogP contribution in [0.15, 0.2) is 10.6 Å². The molecule has 1 N–H and O–H groups in total. The minimum atomic E-state index is -4.60. The Kier molecular flexibility index (Phi) is 4.20. The summed E-state index contributed by atoms with van der Waals surface area (Å²) in [5, 5.41) is 11.1. The third-order valence-electron chi connectivity index (χ3n) is 9.03. The number of ketones is 1. The fourth-order valence-electron chi connectivity index (χ4n) is 7.46. The second-order valence-electron chi connectivity index (χ2n) is 9.96. The maximum atomic E-state index is 13.8. The van der Waals surface area contributed by atoms with E-state index in [9.17, 15) is 23.1 Å². The van der Waals surface area contributed by atoms with Crippen LogP contribution in [0.2, 0.25) is 0 Å². The van der Waals surface area contributed by atoms with Crippen LogP contribution in [0.25, 0.3) is 0 Å². The van der Waals surface area contributed by atoms with E-state index in [4.69, 9.17) is 11.6 Å². The lowest BCUT2D eigenvalue weighted by Crippen LogP contribution is -2.61. The molecule has 7 atom stereocenters. The number of carbonyl (C=O) groups is 1. The quantitative estimate of drug-likeness (QED) is 0.568. The molecule has 0 heterocycles. The molecule has 0 aromatic rings. The van der Waals surface area contributed by atoms with E-state index in [-0.39, 0.29) is 41.3 Å². The van der Waals surface area contributed by atoms with Crippen molar-refractivity contribution in [3.05, 3.63) is 10.6 Å². The van der Waals surface area contributed by atoms with Gasteiger partial charge in [0.1, 0.15) is 0 Å². The fourth-order valence-corrected chi connectivity index (χ4v) is 7.85. The third kappa shape index (κ3) is 2.33. The monoisotopic (exact) mass is 404 g/mol. The number of allylic oxidation sites excluding steroid dienone is 1. The molecular weight excluding hydrogens is 377 g/mol. The summed E-state index contributed by atoms with van der Waals surface area (Å²) in [6, 6.07) is 0. The highest BCUT2D eigenvalue weighted by Crippen LogP contribution is 2.70. The largest absolute Gasteiger partial charge is 0.417 e. The number of fused-ring (bicyclic) bond motifs is 5. The van der Waals surface area contributed by atoms with Crippen LogP contribution in [-0.2, 0) is 4.79 Å². The zero-order chi connectivity index (χ0) is 20.0. The first-order valence-corrected chi connectivity index (χ1v) is 10.5. The summed E-state index contributed by atoms with van der Waals surface area (Å²) in [5.74, 6) is 0.381. The normalized spacial score (nSPS) is 50.3. The summed E-state index contributed by atoms with van der Waals surface area (Å²) in [6.45, 7) is 5.91. The fraction of sp³-hybridized carbons (Fsp3) is 0.857. The van der Waals surface area contributed by atoms with Crippen molar-refractivity contribution in [3.8, 4) is 0 Å². The van der Waals surface area contributed by atoms with Crippen molar-refractivity contribution in [1.82, 2.24) is 0 Å². The molecule has 3 fully saturated rings. The van der Waals surface area contributed by atoms with Gasteiger partial charge in [0, 0.05) is 11.8 Å². The van der Waals surface area contributed by atoms with Crippen LogP contribution >= 0.6 is 11.6 Å². The van der Waals surface area contributed by atoms with Crippen LogP contribution in [0.4, 0.5) is 13.2 Å². The van der Waals surface area contributed by atoms with E-state index in [0.717, 1.165) is 12.0 Å². The van der Waals surface area contributed by atoms with Gasteiger partial charge in [-0.05, 0) is 73.2 Å². The molecule has 4 rings (SSSR count). The summed E-state index contributed by atoms with van der Waals surface area (Å²) in [4.78, 5) is 12.1. The van der Waals surface area contributed by atoms with E-state index in [2.05, 4.69) is 13.8 Å². The van der Waals surface area contributed by atoms with E-state index in [1.54, 1.807) is 6.92 Å². The molecule has 0 aromatic heterocycles. The Labute approximate surface area is 163 Å². The molecule has 0 aliphatic heterocycles. The van der Waals surface area contributed by atoms with Crippen molar-refractivity contribution in [2.45, 2.75) is 77.5 Å². The van der Waals surface area contributed by atoms with Crippen LogP contribution in [0, 0.1) is 34.5 Å². The van der Waals surface area contributed by atoms with E-state index in [0.29, 0.717) is 37.1 Å². The van der Waals surface area contributed by atoms with Gasteiger partial charge in [0.05, 0.1) is 5.03 Å². The van der Waals surface area contributed by atoms with Crippen molar-refractivity contribution in [2.75, 3.05) is 0 Å². The van der Waals surface area contributed by atoms with Crippen molar-refractivity contribution in [2.24, 2.45) is 34.5 Å². The molecule has 4 unspecified atom stereocenters. The molecule has 0 saturated heterocycles. The third-order valence-corrected chi connectivity index (χ3v) is 9.46. The molecule has 4 aliphatic rings. The van der Waals surface area contributed by atoms with Crippen LogP contribution in [-0.4, -0.2) is 22.7 Å². The summed E-state index contributed by atoms with van der Waals surface area (Å²) in [7, 11) is 0. The SMILES string of the molecule is CC1CC2=C(Cl)C(=O)CC[C@]2(C)C2CC[C@@]3(C)C(CC[C@@]3(O)C(F)(F)F)C12. The van der Waals surface area contributed by atoms with E-state index >= 15 is 0 Å². The molecule has 0 spiro atoms. The maximum Gasteiger partial charge on any atom is 0.417 e. The molecule has 27 heavy (non-hydrogen) atoms. The highest BCUT2D eigenvalue weighted by Gasteiger charge is 2.73. The minimum Gasteiger partial charge on any atom is -0.380 e. The summed E-state index contributed by atoms with van der Waals surface area (Å²) >= 11 is 6.41. The van der Waals surface area contributed by atoms with Crippen molar-refractivity contribution in [1.29, 1.82) is 0 Å². The Balaban J connectivity index is 1.76. The molecule has 152 valence electrons. The first-order valence-electron chi connectivity index (χ1n) is 10.1. The van der Waals surface area contributed by atoms with Gasteiger partial charge in [0.2, 0.25) is 0 Å². The molecule has 3 saturated carbocycles. The highest BCUT2D eigenvalue weighted by molar-refractivity contribution is 6.43. The van der Waals surface area contributed by atoms with Gasteiger partial charge >= 0.3 is 6.18 Å². The highest BCUT2D eigenvalue weighted by atomic mass is 35.5. The number of aliphatic hydroxyl groups is 1. The van der Waals surface area contributed by atoms with E-state index in [1.165, 1.54) is 0 Å². The second kappa shape index (κ2) is 5.75. The smallest absolute Gasteiger partial charge is 0.380 e. The Hall–Kier alpha value is -0.550. The predicted molar refractivity (Wildman–Crippen MR) is 97.1 cm³/mol. The lowest BCUT2D eigenvalue weighted by atomic mass is 9.44. The van der Waals surface area contributed by atoms with Crippen LogP contribution in [0.1, 0.15) is 65.7 Å². The van der Waals surface area contributed by atoms with Gasteiger partial charge in [-0.15, -0.1) is 0 Å². The van der Waals surface area contributed by atoms with Gasteiger partial charge in [0.15, 0.2) is 11.4 Å². The standard InChI is InChI=1S/C21H28ClF3O2/c1-11-10-14-17(22)15(26)6-7-18(14,2)12-4-8-19(3)13(16(11)12)5-9-20(19,27)21(23,24)25/h11-13,16,27H,4-10H2,1-3H3/t11?,12?,13?,16?,18-,19+,20+/m1/s1. The molecule has 0 amide bonds. The first-order chi connectivity index (χ1) is 12.4. The Morgan fingerprint density at radius 3 is 2.37 bits per heavy atom. The Morgan fingerprint density at radius 2 is 1.74 bits per heavy atom. The lowest BCUT2D eigenvalue weighted by molar-refractivity contribution is -0.304. The van der Waals surface area contributed by atoms with Crippen molar-refractivity contribution >= 4 is 17.4 Å². The molecule has 0 radical (unpaired) electrons. The molecule has 0 aromatic carbocycles. The summed E-state index contributed by atoms with van der Waals surface area (Å²) < 4.78 is 41.4. The molecule has 4 aliphatic carbocycles. The average molecular weight is 405 g/mol. The van der Waals surface area contributed by atoms with Crippen LogP contribution in [0.5, 0.6) is 0 Å². The van der Waals surface area contributed by atoms with Crippen LogP contribution < -0.4 is 0 Å². The summed E-state index contributed by atoms with van der Waals surface area (Å²) in [5.41, 5.74) is -2.90. The number of halogens is 4. The zero-order valence-electron chi connectivity index (χ0n) is 16.1. The number of hydrogen-bond acceptors (Lipinski definition) is 2. The maximum absolute atomic E-state index is 13.8. The Bertz CT molecular complexity index is 717. The van der Waals surface area contributed by atoms with Crippen molar-refractivity contribution in [3.63, 3.8) is 0 Å². The Morgan fingerprint density at radius 1 is 1.11 bits per heavy atom. The lowest BCUT2D eigenvalue weighted by Gasteiger charge is -2.61. The first kappa shape index (κ1) is 19.8. The molecule has 2 nitrogen and oxygen atoms in total. The number of hydrogen-bond donors (Lipinski definition) is 1. The van der Waals surface area contributed by atoms with Gasteiger partial charge in [-0.1, -0.05) is 32.4 Å². The van der Waals surface area contributed by atoms with E-state index in [1.807, 2.05) is 0 Å². The minimum absolute atomic E-state index is 0.00255. The number of rotatable bonds is 0. The van der Waals surface area contributed by atoms with Gasteiger partial charge in [-0.3, -0.25) is 4.79 Å². The topological polar surface area (TPSA) is 37.3 Å². The van der Waals surface area contributed by atoms with Crippen LogP contribution in [0.3, 0.4) is 0 Å². The zero-order valence-corrected chi connectivity index (χ0v) is 16.9. The average Bonchev–Trinajstić information content (AvgIpc) is 2.86. The molecular formula is C21H28ClF3O2. The van der Waals surface area contributed by atoms with Crippen molar-refractivity contribution < 1.29 is 23.1 Å². The second-order valence-corrected chi connectivity index (χ2v) is 10.3. The van der Waals surface area contributed by atoms with Gasteiger partial charge < -0.3 is 5.11 Å². The number of Topliss-reactive ketones (excluding diaryl/α,β-unsaturated/α-hetero) is 1. The number of carbonyl (C=O) groups excluding carboxylic acids is 1. The molecule has 0 bridgehead atoms. The van der Waals surface area contributed by atoms with Gasteiger partial charge in [-0.2, -0.15) is 13.2 Å². The van der Waals surface area contributed by atoms with Gasteiger partial charge in [0.25, 0.3) is 0 Å². The predicted octanol–water partition coefficient (Wildman–Crippen LogP) is 5.62. The van der Waals surface area contributed by atoms with E-state index < -0.39 is 17.2 Å². The van der Waals surface area contributed by atoms with Gasteiger partial charge in [-0.25, -0.2) is 0 Å². The summed E-state index contributed by atoms with van der Waals surface area (Å²) in [6.07, 6.45) is -1.53. The number of alkyl halides is 3. The molecule has 6 heteroatoms.